The van der Waals surface area contributed by atoms with Gasteiger partial charge in [0.2, 0.25) is 0 Å². The van der Waals surface area contributed by atoms with Crippen molar-refractivity contribution in [1.29, 1.82) is 0 Å². The summed E-state index contributed by atoms with van der Waals surface area (Å²) in [4.78, 5) is 0. The predicted octanol–water partition coefficient (Wildman–Crippen LogP) is 4.05. The monoisotopic (exact) mass is 253 g/mol. The molecule has 0 aromatic heterocycles. The van der Waals surface area contributed by atoms with Gasteiger partial charge in [0, 0.05) is 12.0 Å². The maximum Gasteiger partial charge on any atom is 0.273 e. The van der Waals surface area contributed by atoms with Crippen LogP contribution in [0.4, 0.5) is 8.78 Å². The van der Waals surface area contributed by atoms with Crippen LogP contribution in [0.3, 0.4) is 0 Å². The molecule has 0 radical (unpaired) electrons. The molecule has 1 aromatic carbocycles. The Morgan fingerprint density at radius 3 is 2.33 bits per heavy atom. The predicted molar refractivity (Wildman–Crippen MR) is 70.1 cm³/mol. The van der Waals surface area contributed by atoms with Crippen molar-refractivity contribution in [2.24, 2.45) is 0 Å². The number of rotatable bonds is 4. The third-order valence-electron chi connectivity index (χ3n) is 3.71. The molecular weight excluding hydrogens is 232 g/mol. The summed E-state index contributed by atoms with van der Waals surface area (Å²) in [5.74, 6) is -2.15. The van der Waals surface area contributed by atoms with Crippen LogP contribution in [0.1, 0.15) is 49.7 Å². The summed E-state index contributed by atoms with van der Waals surface area (Å²) < 4.78 is 27.4. The second-order valence-corrected chi connectivity index (χ2v) is 5.10. The summed E-state index contributed by atoms with van der Waals surface area (Å²) in [6.45, 7) is 3.84. The van der Waals surface area contributed by atoms with Crippen LogP contribution in [0.15, 0.2) is 24.3 Å². The molecule has 1 aliphatic rings. The highest BCUT2D eigenvalue weighted by atomic mass is 19.3. The fourth-order valence-corrected chi connectivity index (χ4v) is 2.61. The quantitative estimate of drug-likeness (QED) is 0.853. The van der Waals surface area contributed by atoms with Gasteiger partial charge in [-0.1, -0.05) is 37.6 Å². The van der Waals surface area contributed by atoms with Crippen LogP contribution in [-0.4, -0.2) is 13.1 Å². The smallest absolute Gasteiger partial charge is 0.273 e. The van der Waals surface area contributed by atoms with E-state index in [-0.39, 0.29) is 12.0 Å². The normalized spacial score (nSPS) is 17.9. The highest BCUT2D eigenvalue weighted by Gasteiger charge is 2.30. The molecule has 3 heteroatoms. The van der Waals surface area contributed by atoms with Gasteiger partial charge in [-0.25, -0.2) is 8.78 Å². The fourth-order valence-electron chi connectivity index (χ4n) is 2.61. The summed E-state index contributed by atoms with van der Waals surface area (Å²) in [6.07, 6.45) is 2.64. The van der Waals surface area contributed by atoms with Gasteiger partial charge in [0.15, 0.2) is 0 Å². The molecule has 0 amide bonds. The van der Waals surface area contributed by atoms with Gasteiger partial charge in [0.05, 0.1) is 0 Å². The molecule has 1 N–H and O–H groups in total. The van der Waals surface area contributed by atoms with E-state index in [4.69, 9.17) is 0 Å². The zero-order valence-corrected chi connectivity index (χ0v) is 10.9. The molecule has 100 valence electrons. The molecule has 0 spiro atoms. The van der Waals surface area contributed by atoms with Gasteiger partial charge in [0.25, 0.3) is 5.92 Å². The maximum absolute atomic E-state index is 13.7. The molecule has 1 fully saturated rings. The van der Waals surface area contributed by atoms with Crippen LogP contribution in [-0.2, 0) is 5.92 Å². The zero-order valence-electron chi connectivity index (χ0n) is 10.9. The first-order chi connectivity index (χ1) is 8.63. The van der Waals surface area contributed by atoms with Crippen LogP contribution in [0.5, 0.6) is 0 Å². The average Bonchev–Trinajstić information content (AvgIpc) is 2.40. The number of piperidine rings is 1. The van der Waals surface area contributed by atoms with E-state index in [9.17, 15) is 8.78 Å². The van der Waals surface area contributed by atoms with Crippen molar-refractivity contribution in [1.82, 2.24) is 5.32 Å². The first-order valence-corrected chi connectivity index (χ1v) is 6.82. The van der Waals surface area contributed by atoms with Crippen molar-refractivity contribution < 1.29 is 8.78 Å². The summed E-state index contributed by atoms with van der Waals surface area (Å²) in [6, 6.07) is 6.98. The van der Waals surface area contributed by atoms with E-state index in [1.54, 1.807) is 19.1 Å². The van der Waals surface area contributed by atoms with E-state index >= 15 is 0 Å². The van der Waals surface area contributed by atoms with Crippen molar-refractivity contribution in [2.45, 2.75) is 44.4 Å². The van der Waals surface area contributed by atoms with Crippen LogP contribution in [0.2, 0.25) is 0 Å². The number of alkyl halides is 2. The van der Waals surface area contributed by atoms with Crippen LogP contribution in [0, 0.1) is 0 Å². The van der Waals surface area contributed by atoms with Crippen LogP contribution < -0.4 is 5.32 Å². The summed E-state index contributed by atoms with van der Waals surface area (Å²) >= 11 is 0. The van der Waals surface area contributed by atoms with Gasteiger partial charge in [-0.15, -0.1) is 0 Å². The highest BCUT2D eigenvalue weighted by molar-refractivity contribution is 5.28. The molecule has 0 bridgehead atoms. The second-order valence-electron chi connectivity index (χ2n) is 5.10. The Labute approximate surface area is 108 Å². The van der Waals surface area contributed by atoms with Crippen molar-refractivity contribution in [2.75, 3.05) is 13.1 Å². The Hall–Kier alpha value is -0.960. The molecule has 0 aliphatic carbocycles. The molecule has 0 unspecified atom stereocenters. The first kappa shape index (κ1) is 13.5. The third-order valence-corrected chi connectivity index (χ3v) is 3.71. The topological polar surface area (TPSA) is 12.0 Å². The molecule has 1 aromatic rings. The molecule has 1 aliphatic heterocycles. The molecule has 1 saturated heterocycles. The number of nitrogens with one attached hydrogen (secondary N) is 1. The summed E-state index contributed by atoms with van der Waals surface area (Å²) in [7, 11) is 0. The Morgan fingerprint density at radius 2 is 1.78 bits per heavy atom. The Bertz CT molecular complexity index is 367. The van der Waals surface area contributed by atoms with Gasteiger partial charge in [-0.3, -0.25) is 0 Å². The zero-order chi connectivity index (χ0) is 13.0. The van der Waals surface area contributed by atoms with E-state index in [1.165, 1.54) is 5.56 Å². The minimum absolute atomic E-state index is 0.0697. The van der Waals surface area contributed by atoms with E-state index < -0.39 is 5.92 Å². The van der Waals surface area contributed by atoms with Gasteiger partial charge < -0.3 is 5.32 Å². The van der Waals surface area contributed by atoms with Gasteiger partial charge in [0.1, 0.15) is 0 Å². The number of benzene rings is 1. The second kappa shape index (κ2) is 5.79. The van der Waals surface area contributed by atoms with Gasteiger partial charge in [-0.2, -0.15) is 0 Å². The summed E-state index contributed by atoms with van der Waals surface area (Å²) in [5.41, 5.74) is 1.36. The van der Waals surface area contributed by atoms with Gasteiger partial charge in [-0.05, 0) is 37.4 Å². The summed E-state index contributed by atoms with van der Waals surface area (Å²) in [5, 5.41) is 3.32. The lowest BCUT2D eigenvalue weighted by molar-refractivity contribution is -0.0140. The molecule has 18 heavy (non-hydrogen) atoms. The largest absolute Gasteiger partial charge is 0.317 e. The van der Waals surface area contributed by atoms with Gasteiger partial charge >= 0.3 is 0 Å². The lowest BCUT2D eigenvalue weighted by atomic mass is 9.89. The number of halogens is 2. The number of hydrogen-bond acceptors (Lipinski definition) is 1. The van der Waals surface area contributed by atoms with Crippen LogP contribution >= 0.6 is 0 Å². The van der Waals surface area contributed by atoms with Crippen LogP contribution in [0.25, 0.3) is 0 Å². The third kappa shape index (κ3) is 3.08. The molecule has 0 saturated carbocycles. The standard InChI is InChI=1S/C15H21F2N/c1-2-9-15(16,17)14-5-3-12(4-6-14)13-7-10-18-11-8-13/h3-6,13,18H,2,7-11H2,1H3. The minimum atomic E-state index is -2.68. The SMILES string of the molecule is CCCC(F)(F)c1ccc(C2CCNCC2)cc1. The van der Waals surface area contributed by atoms with E-state index in [1.807, 2.05) is 12.1 Å². The van der Waals surface area contributed by atoms with Crippen molar-refractivity contribution >= 4 is 0 Å². The lowest BCUT2D eigenvalue weighted by Gasteiger charge is -2.23. The number of hydrogen-bond donors (Lipinski definition) is 1. The molecule has 1 nitrogen and oxygen atoms in total. The molecule has 1 heterocycles. The highest BCUT2D eigenvalue weighted by Crippen LogP contribution is 2.34. The van der Waals surface area contributed by atoms with Crippen molar-refractivity contribution in [3.05, 3.63) is 35.4 Å². The maximum atomic E-state index is 13.7. The Kier molecular flexibility index (Phi) is 4.33. The average molecular weight is 253 g/mol. The lowest BCUT2D eigenvalue weighted by Crippen LogP contribution is -2.26. The van der Waals surface area contributed by atoms with E-state index in [2.05, 4.69) is 5.32 Å². The molecule has 0 atom stereocenters. The Morgan fingerprint density at radius 1 is 1.17 bits per heavy atom. The minimum Gasteiger partial charge on any atom is -0.317 e. The van der Waals surface area contributed by atoms with E-state index in [0.29, 0.717) is 12.3 Å². The van der Waals surface area contributed by atoms with Crippen molar-refractivity contribution in [3.63, 3.8) is 0 Å². The van der Waals surface area contributed by atoms with Crippen molar-refractivity contribution in [3.8, 4) is 0 Å². The van der Waals surface area contributed by atoms with E-state index in [0.717, 1.165) is 25.9 Å². The Balaban J connectivity index is 2.09. The molecule has 2 rings (SSSR count). The first-order valence-electron chi connectivity index (χ1n) is 6.82. The fraction of sp³-hybridized carbons (Fsp3) is 0.600. The molecular formula is C15H21F2N.